The molecule has 0 saturated carbocycles. The Bertz CT molecular complexity index is 965. The van der Waals surface area contributed by atoms with Gasteiger partial charge in [0, 0.05) is 41.9 Å². The fourth-order valence-corrected chi connectivity index (χ4v) is 2.73. The zero-order chi connectivity index (χ0) is 19.6. The summed E-state index contributed by atoms with van der Waals surface area (Å²) < 4.78 is 37.4. The molecular formula is C17H15ClF3N5O. The van der Waals surface area contributed by atoms with Crippen LogP contribution in [0.1, 0.15) is 12.6 Å². The highest BCUT2D eigenvalue weighted by atomic mass is 35.5. The van der Waals surface area contributed by atoms with Crippen molar-refractivity contribution in [3.8, 4) is 11.3 Å². The molecular weight excluding hydrogens is 383 g/mol. The highest BCUT2D eigenvalue weighted by molar-refractivity contribution is 6.31. The molecule has 1 amide bonds. The van der Waals surface area contributed by atoms with Crippen molar-refractivity contribution in [1.29, 1.82) is 0 Å². The van der Waals surface area contributed by atoms with Crippen LogP contribution < -0.4 is 5.32 Å². The van der Waals surface area contributed by atoms with E-state index in [9.17, 15) is 18.0 Å². The summed E-state index contributed by atoms with van der Waals surface area (Å²) in [7, 11) is 0. The highest BCUT2D eigenvalue weighted by Gasteiger charge is 2.24. The van der Waals surface area contributed by atoms with Crippen LogP contribution in [-0.2, 0) is 11.2 Å². The van der Waals surface area contributed by atoms with Crippen LogP contribution in [0.5, 0.6) is 0 Å². The zero-order valence-corrected chi connectivity index (χ0v) is 14.8. The zero-order valence-electron chi connectivity index (χ0n) is 14.1. The third kappa shape index (κ3) is 4.36. The van der Waals surface area contributed by atoms with Crippen molar-refractivity contribution >= 4 is 28.5 Å². The maximum absolute atomic E-state index is 13.0. The van der Waals surface area contributed by atoms with Crippen molar-refractivity contribution in [2.24, 2.45) is 5.92 Å². The number of halogens is 4. The van der Waals surface area contributed by atoms with Gasteiger partial charge in [-0.15, -0.1) is 0 Å². The number of hydrogen-bond donors (Lipinski definition) is 2. The Labute approximate surface area is 157 Å². The van der Waals surface area contributed by atoms with Crippen LogP contribution in [-0.4, -0.2) is 38.6 Å². The molecule has 0 radical (unpaired) electrons. The second kappa shape index (κ2) is 7.91. The molecule has 2 unspecified atom stereocenters. The SMILES string of the molecule is CC(Cc1cncc(-c2c[nH]c3ncc(Cl)cc23)n1)C(=O)NC(F)C(F)F. The molecule has 0 fully saturated rings. The van der Waals surface area contributed by atoms with Crippen molar-refractivity contribution < 1.29 is 18.0 Å². The third-order valence-corrected chi connectivity index (χ3v) is 4.13. The number of rotatable bonds is 6. The van der Waals surface area contributed by atoms with Gasteiger partial charge in [0.05, 0.1) is 22.6 Å². The fourth-order valence-electron chi connectivity index (χ4n) is 2.57. The van der Waals surface area contributed by atoms with Gasteiger partial charge < -0.3 is 10.3 Å². The first-order chi connectivity index (χ1) is 12.8. The third-order valence-electron chi connectivity index (χ3n) is 3.92. The summed E-state index contributed by atoms with van der Waals surface area (Å²) in [5, 5.41) is 2.87. The standard InChI is InChI=1S/C17H15ClF3N5O/c1-8(17(27)26-15(21)14(19)20)2-10-5-22-7-13(25-10)12-6-24-16-11(12)3-9(18)4-23-16/h3-8,14-15H,2H2,1H3,(H,23,24)(H,26,27). The molecule has 0 aliphatic heterocycles. The predicted molar refractivity (Wildman–Crippen MR) is 94.0 cm³/mol. The number of nitrogens with zero attached hydrogens (tertiary/aromatic N) is 3. The monoisotopic (exact) mass is 397 g/mol. The van der Waals surface area contributed by atoms with Crippen molar-refractivity contribution in [1.82, 2.24) is 25.3 Å². The molecule has 27 heavy (non-hydrogen) atoms. The minimum Gasteiger partial charge on any atom is -0.345 e. The van der Waals surface area contributed by atoms with E-state index in [2.05, 4.69) is 19.9 Å². The van der Waals surface area contributed by atoms with Gasteiger partial charge in [0.2, 0.25) is 12.2 Å². The Balaban J connectivity index is 1.79. The van der Waals surface area contributed by atoms with Crippen LogP contribution in [0.2, 0.25) is 5.02 Å². The molecule has 0 saturated heterocycles. The molecule has 0 aliphatic carbocycles. The summed E-state index contributed by atoms with van der Waals surface area (Å²) in [4.78, 5) is 27.6. The maximum atomic E-state index is 13.0. The number of amides is 1. The van der Waals surface area contributed by atoms with Crippen LogP contribution in [0.15, 0.2) is 30.9 Å². The van der Waals surface area contributed by atoms with Gasteiger partial charge in [0.25, 0.3) is 6.43 Å². The lowest BCUT2D eigenvalue weighted by Crippen LogP contribution is -2.40. The number of carbonyl (C=O) groups is 1. The van der Waals surface area contributed by atoms with Crippen molar-refractivity contribution in [2.45, 2.75) is 26.1 Å². The van der Waals surface area contributed by atoms with Crippen LogP contribution in [0.4, 0.5) is 13.2 Å². The number of carbonyl (C=O) groups excluding carboxylic acids is 1. The van der Waals surface area contributed by atoms with Crippen molar-refractivity contribution in [3.63, 3.8) is 0 Å². The van der Waals surface area contributed by atoms with Gasteiger partial charge in [-0.3, -0.25) is 9.78 Å². The molecule has 3 heterocycles. The lowest BCUT2D eigenvalue weighted by Gasteiger charge is -2.14. The van der Waals surface area contributed by atoms with Gasteiger partial charge in [-0.05, 0) is 6.07 Å². The van der Waals surface area contributed by atoms with E-state index >= 15 is 0 Å². The first-order valence-electron chi connectivity index (χ1n) is 8.01. The van der Waals surface area contributed by atoms with Crippen molar-refractivity contribution in [2.75, 3.05) is 0 Å². The number of aromatic amines is 1. The molecule has 10 heteroatoms. The Kier molecular flexibility index (Phi) is 5.59. The summed E-state index contributed by atoms with van der Waals surface area (Å²) in [6, 6.07) is 1.74. The molecule has 0 bridgehead atoms. The minimum absolute atomic E-state index is 0.115. The molecule has 3 aromatic heterocycles. The number of fused-ring (bicyclic) bond motifs is 1. The lowest BCUT2D eigenvalue weighted by atomic mass is 10.0. The van der Waals surface area contributed by atoms with Gasteiger partial charge in [-0.1, -0.05) is 18.5 Å². The fraction of sp³-hybridized carbons (Fsp3) is 0.294. The Morgan fingerprint density at radius 3 is 2.81 bits per heavy atom. The van der Waals surface area contributed by atoms with E-state index in [-0.39, 0.29) is 6.42 Å². The maximum Gasteiger partial charge on any atom is 0.287 e. The number of hydrogen-bond acceptors (Lipinski definition) is 4. The van der Waals surface area contributed by atoms with Crippen LogP contribution in [0.25, 0.3) is 22.3 Å². The molecule has 2 N–H and O–H groups in total. The van der Waals surface area contributed by atoms with Gasteiger partial charge >= 0.3 is 0 Å². The molecule has 3 aromatic rings. The summed E-state index contributed by atoms with van der Waals surface area (Å²) in [6.07, 6.45) is 0.398. The average molecular weight is 398 g/mol. The lowest BCUT2D eigenvalue weighted by molar-refractivity contribution is -0.128. The molecule has 142 valence electrons. The summed E-state index contributed by atoms with van der Waals surface area (Å²) in [5.41, 5.74) is 2.36. The number of alkyl halides is 3. The van der Waals surface area contributed by atoms with Crippen LogP contribution in [0.3, 0.4) is 0 Å². The predicted octanol–water partition coefficient (Wildman–Crippen LogP) is 3.53. The van der Waals surface area contributed by atoms with E-state index < -0.39 is 24.5 Å². The highest BCUT2D eigenvalue weighted by Crippen LogP contribution is 2.28. The van der Waals surface area contributed by atoms with E-state index in [1.54, 1.807) is 23.8 Å². The van der Waals surface area contributed by atoms with E-state index in [1.807, 2.05) is 0 Å². The molecule has 6 nitrogen and oxygen atoms in total. The van der Waals surface area contributed by atoms with E-state index in [0.717, 1.165) is 10.9 Å². The number of nitrogens with one attached hydrogen (secondary N) is 2. The summed E-state index contributed by atoms with van der Waals surface area (Å²) >= 11 is 5.99. The Morgan fingerprint density at radius 1 is 1.30 bits per heavy atom. The number of H-pyrrole nitrogens is 1. The first kappa shape index (κ1) is 19.1. The van der Waals surface area contributed by atoms with Gasteiger partial charge in [0.15, 0.2) is 0 Å². The van der Waals surface area contributed by atoms with Crippen molar-refractivity contribution in [3.05, 3.63) is 41.6 Å². The van der Waals surface area contributed by atoms with Gasteiger partial charge in [0.1, 0.15) is 5.65 Å². The molecule has 2 atom stereocenters. The summed E-state index contributed by atoms with van der Waals surface area (Å²) in [5.74, 6) is -1.58. The smallest absolute Gasteiger partial charge is 0.287 e. The second-order valence-electron chi connectivity index (χ2n) is 6.00. The van der Waals surface area contributed by atoms with Crippen LogP contribution in [0, 0.1) is 5.92 Å². The largest absolute Gasteiger partial charge is 0.345 e. The Hall–Kier alpha value is -2.68. The van der Waals surface area contributed by atoms with Gasteiger partial charge in [-0.25, -0.2) is 23.1 Å². The second-order valence-corrected chi connectivity index (χ2v) is 6.43. The molecule has 0 aromatic carbocycles. The van der Waals surface area contributed by atoms with Gasteiger partial charge in [-0.2, -0.15) is 0 Å². The molecule has 0 spiro atoms. The summed E-state index contributed by atoms with van der Waals surface area (Å²) in [6.45, 7) is 1.50. The molecule has 3 rings (SSSR count). The topological polar surface area (TPSA) is 83.6 Å². The Morgan fingerprint density at radius 2 is 2.07 bits per heavy atom. The van der Waals surface area contributed by atoms with Crippen LogP contribution >= 0.6 is 11.6 Å². The first-order valence-corrected chi connectivity index (χ1v) is 8.39. The number of aromatic nitrogens is 4. The molecule has 0 aliphatic rings. The van der Waals surface area contributed by atoms with E-state index in [0.29, 0.717) is 22.1 Å². The average Bonchev–Trinajstić information content (AvgIpc) is 3.04. The normalized spacial score (nSPS) is 13.7. The quantitative estimate of drug-likeness (QED) is 0.623. The minimum atomic E-state index is -3.27. The van der Waals surface area contributed by atoms with E-state index in [4.69, 9.17) is 11.6 Å². The number of pyridine rings is 1. The van der Waals surface area contributed by atoms with E-state index in [1.165, 1.54) is 19.3 Å².